The Kier molecular flexibility index (Phi) is 3.23. The molecule has 15 heavy (non-hydrogen) atoms. The number of halogens is 2. The number of aliphatic hydroxyl groups is 1. The first-order valence-electron chi connectivity index (χ1n) is 4.32. The van der Waals surface area contributed by atoms with Crippen molar-refractivity contribution in [3.05, 3.63) is 38.9 Å². The third-order valence-electron chi connectivity index (χ3n) is 2.05. The van der Waals surface area contributed by atoms with Crippen LogP contribution in [0.5, 0.6) is 0 Å². The number of aliphatic hydroxyl groups excluding tert-OH is 1. The number of H-pyrrole nitrogens is 1. The fraction of sp³-hybridized carbons (Fsp3) is 0.100. The van der Waals surface area contributed by atoms with Gasteiger partial charge in [-0.1, -0.05) is 28.1 Å². The Balaban J connectivity index is 2.45. The molecule has 0 aliphatic heterocycles. The Bertz CT molecular complexity index is 465. The molecule has 0 saturated carbocycles. The smallest absolute Gasteiger partial charge is 0.107 e. The van der Waals surface area contributed by atoms with E-state index in [1.165, 1.54) is 0 Å². The first-order valence-corrected chi connectivity index (χ1v) is 5.90. The zero-order valence-corrected chi connectivity index (χ0v) is 10.8. The zero-order chi connectivity index (χ0) is 10.8. The predicted octanol–water partition coefficient (Wildman–Crippen LogP) is 3.09. The molecule has 2 rings (SSSR count). The first-order chi connectivity index (χ1) is 7.22. The van der Waals surface area contributed by atoms with Crippen molar-refractivity contribution in [1.82, 2.24) is 10.2 Å². The fourth-order valence-electron chi connectivity index (χ4n) is 1.27. The molecule has 0 spiro atoms. The molecule has 2 N–H and O–H groups in total. The molecule has 5 heteroatoms. The maximum Gasteiger partial charge on any atom is 0.107 e. The lowest BCUT2D eigenvalue weighted by Crippen LogP contribution is -1.82. The highest BCUT2D eigenvalue weighted by Gasteiger charge is 2.11. The van der Waals surface area contributed by atoms with Crippen molar-refractivity contribution in [2.75, 3.05) is 0 Å². The molecule has 0 atom stereocenters. The summed E-state index contributed by atoms with van der Waals surface area (Å²) >= 11 is 6.78. The summed E-state index contributed by atoms with van der Waals surface area (Å²) in [7, 11) is 0. The quantitative estimate of drug-likeness (QED) is 0.888. The summed E-state index contributed by atoms with van der Waals surface area (Å²) in [6.07, 6.45) is 0. The van der Waals surface area contributed by atoms with Gasteiger partial charge in [0.25, 0.3) is 0 Å². The van der Waals surface area contributed by atoms with Gasteiger partial charge in [0.1, 0.15) is 5.69 Å². The van der Waals surface area contributed by atoms with E-state index in [9.17, 15) is 0 Å². The van der Waals surface area contributed by atoms with Gasteiger partial charge in [-0.15, -0.1) is 0 Å². The predicted molar refractivity (Wildman–Crippen MR) is 65.3 cm³/mol. The van der Waals surface area contributed by atoms with Gasteiger partial charge < -0.3 is 5.11 Å². The van der Waals surface area contributed by atoms with E-state index >= 15 is 0 Å². The van der Waals surface area contributed by atoms with E-state index in [-0.39, 0.29) is 6.61 Å². The van der Waals surface area contributed by atoms with Crippen LogP contribution in [0.2, 0.25) is 0 Å². The maximum atomic E-state index is 9.01. The van der Waals surface area contributed by atoms with Crippen LogP contribution in [0.15, 0.2) is 33.2 Å². The summed E-state index contributed by atoms with van der Waals surface area (Å²) in [5, 5.41) is 15.9. The summed E-state index contributed by atoms with van der Waals surface area (Å²) in [5.41, 5.74) is 2.50. The van der Waals surface area contributed by atoms with Gasteiger partial charge in [0.2, 0.25) is 0 Å². The zero-order valence-electron chi connectivity index (χ0n) is 7.67. The van der Waals surface area contributed by atoms with Crippen LogP contribution in [-0.2, 0) is 6.61 Å². The van der Waals surface area contributed by atoms with E-state index in [4.69, 9.17) is 5.11 Å². The third kappa shape index (κ3) is 2.14. The van der Waals surface area contributed by atoms with Crippen molar-refractivity contribution in [2.45, 2.75) is 6.61 Å². The van der Waals surface area contributed by atoms with Crippen LogP contribution in [-0.4, -0.2) is 15.3 Å². The number of nitrogens with zero attached hydrogens (tertiary/aromatic N) is 1. The topological polar surface area (TPSA) is 48.9 Å². The highest BCUT2D eigenvalue weighted by Crippen LogP contribution is 2.29. The van der Waals surface area contributed by atoms with Crippen LogP contribution in [0.1, 0.15) is 5.69 Å². The molecule has 0 saturated heterocycles. The molecule has 0 unspecified atom stereocenters. The van der Waals surface area contributed by atoms with E-state index in [1.54, 1.807) is 0 Å². The fourth-order valence-corrected chi connectivity index (χ4v) is 2.06. The monoisotopic (exact) mass is 330 g/mol. The summed E-state index contributed by atoms with van der Waals surface area (Å²) < 4.78 is 1.84. The lowest BCUT2D eigenvalue weighted by atomic mass is 10.1. The van der Waals surface area contributed by atoms with Gasteiger partial charge in [-0.05, 0) is 28.1 Å². The van der Waals surface area contributed by atoms with Crippen molar-refractivity contribution in [3.63, 3.8) is 0 Å². The standard InChI is InChI=1S/C10H8Br2N2O/c11-7-3-1-6(2-4-7)10-9(12)8(5-15)13-14-10/h1-4,15H,5H2,(H,13,14). The molecule has 0 bridgehead atoms. The summed E-state index contributed by atoms with van der Waals surface area (Å²) in [6.45, 7) is -0.0515. The van der Waals surface area contributed by atoms with Crippen LogP contribution in [0.25, 0.3) is 11.3 Å². The Morgan fingerprint density at radius 2 is 1.87 bits per heavy atom. The molecule has 78 valence electrons. The van der Waals surface area contributed by atoms with Gasteiger partial charge in [0.15, 0.2) is 0 Å². The average Bonchev–Trinajstić information content (AvgIpc) is 2.61. The summed E-state index contributed by atoms with van der Waals surface area (Å²) in [5.74, 6) is 0. The van der Waals surface area contributed by atoms with E-state index in [0.29, 0.717) is 5.69 Å². The number of aromatic amines is 1. The molecule has 0 aliphatic rings. The van der Waals surface area contributed by atoms with Crippen LogP contribution >= 0.6 is 31.9 Å². The van der Waals surface area contributed by atoms with Gasteiger partial charge in [-0.3, -0.25) is 5.10 Å². The molecular formula is C10H8Br2N2O. The maximum absolute atomic E-state index is 9.01. The molecule has 1 aromatic carbocycles. The normalized spacial score (nSPS) is 10.6. The van der Waals surface area contributed by atoms with Crippen molar-refractivity contribution >= 4 is 31.9 Å². The Hall–Kier alpha value is -0.650. The van der Waals surface area contributed by atoms with Crippen LogP contribution in [0.4, 0.5) is 0 Å². The molecule has 1 aromatic heterocycles. The molecule has 0 aliphatic carbocycles. The second kappa shape index (κ2) is 4.47. The second-order valence-electron chi connectivity index (χ2n) is 3.03. The van der Waals surface area contributed by atoms with Crippen molar-refractivity contribution in [2.24, 2.45) is 0 Å². The number of rotatable bonds is 2. The average molecular weight is 332 g/mol. The number of aromatic nitrogens is 2. The van der Waals surface area contributed by atoms with E-state index in [2.05, 4.69) is 42.1 Å². The highest BCUT2D eigenvalue weighted by atomic mass is 79.9. The van der Waals surface area contributed by atoms with Gasteiger partial charge in [0, 0.05) is 10.0 Å². The lowest BCUT2D eigenvalue weighted by molar-refractivity contribution is 0.276. The molecule has 1 heterocycles. The molecule has 3 nitrogen and oxygen atoms in total. The van der Waals surface area contributed by atoms with Crippen LogP contribution < -0.4 is 0 Å². The van der Waals surface area contributed by atoms with Gasteiger partial charge in [0.05, 0.1) is 16.8 Å². The Morgan fingerprint density at radius 3 is 2.40 bits per heavy atom. The van der Waals surface area contributed by atoms with E-state index in [0.717, 1.165) is 20.2 Å². The number of nitrogens with one attached hydrogen (secondary N) is 1. The minimum atomic E-state index is -0.0515. The summed E-state index contributed by atoms with van der Waals surface area (Å²) in [4.78, 5) is 0. The number of hydrogen-bond donors (Lipinski definition) is 2. The van der Waals surface area contributed by atoms with Crippen molar-refractivity contribution in [1.29, 1.82) is 0 Å². The van der Waals surface area contributed by atoms with E-state index < -0.39 is 0 Å². The van der Waals surface area contributed by atoms with E-state index in [1.807, 2.05) is 24.3 Å². The SMILES string of the molecule is OCc1[nH]nc(-c2ccc(Br)cc2)c1Br. The molecule has 2 aromatic rings. The van der Waals surface area contributed by atoms with Gasteiger partial charge in [-0.25, -0.2) is 0 Å². The van der Waals surface area contributed by atoms with Crippen molar-refractivity contribution < 1.29 is 5.11 Å². The molecule has 0 radical (unpaired) electrons. The summed E-state index contributed by atoms with van der Waals surface area (Å²) in [6, 6.07) is 7.84. The third-order valence-corrected chi connectivity index (χ3v) is 3.43. The number of hydrogen-bond acceptors (Lipinski definition) is 2. The number of benzene rings is 1. The molecular weight excluding hydrogens is 324 g/mol. The Labute approximate surface area is 104 Å². The van der Waals surface area contributed by atoms with Crippen LogP contribution in [0, 0.1) is 0 Å². The van der Waals surface area contributed by atoms with Crippen molar-refractivity contribution in [3.8, 4) is 11.3 Å². The first kappa shape index (κ1) is 10.9. The largest absolute Gasteiger partial charge is 0.390 e. The van der Waals surface area contributed by atoms with Gasteiger partial charge >= 0.3 is 0 Å². The Morgan fingerprint density at radius 1 is 1.20 bits per heavy atom. The molecule has 0 fully saturated rings. The molecule has 0 amide bonds. The lowest BCUT2D eigenvalue weighted by Gasteiger charge is -1.98. The second-order valence-corrected chi connectivity index (χ2v) is 4.74. The van der Waals surface area contributed by atoms with Gasteiger partial charge in [-0.2, -0.15) is 5.10 Å². The van der Waals surface area contributed by atoms with Crippen LogP contribution in [0.3, 0.4) is 0 Å². The minimum Gasteiger partial charge on any atom is -0.390 e. The minimum absolute atomic E-state index is 0.0515. The highest BCUT2D eigenvalue weighted by molar-refractivity contribution is 9.10.